The van der Waals surface area contributed by atoms with Crippen molar-refractivity contribution in [3.63, 3.8) is 0 Å². The highest BCUT2D eigenvalue weighted by atomic mass is 16.2. The number of hydrogen-bond acceptors (Lipinski definition) is 6. The fourth-order valence-corrected chi connectivity index (χ4v) is 6.97. The number of likely N-dealkylation sites (tertiary alicyclic amines) is 1. The lowest BCUT2D eigenvalue weighted by Crippen LogP contribution is -2.52. The molecular weight excluding hydrogens is 530 g/mol. The highest BCUT2D eigenvalue weighted by Gasteiger charge is 2.54. The summed E-state index contributed by atoms with van der Waals surface area (Å²) in [5, 5.41) is 25.8. The third-order valence-electron chi connectivity index (χ3n) is 8.98. The van der Waals surface area contributed by atoms with Crippen LogP contribution in [0.5, 0.6) is 0 Å². The normalized spacial score (nSPS) is 22.2. The molecule has 1 saturated heterocycles. The van der Waals surface area contributed by atoms with Crippen molar-refractivity contribution < 1.29 is 14.4 Å². The van der Waals surface area contributed by atoms with E-state index in [1.807, 2.05) is 32.9 Å². The fourth-order valence-electron chi connectivity index (χ4n) is 6.97. The second-order valence-electron chi connectivity index (χ2n) is 12.3. The topological polar surface area (TPSA) is 178 Å². The minimum Gasteiger partial charge on any atom is -0.371 e. The maximum Gasteiger partial charge on any atom is 0.248 e. The molecule has 2 aromatic carbocycles. The van der Waals surface area contributed by atoms with Crippen LogP contribution in [0, 0.1) is 22.7 Å². The Hall–Kier alpha value is -4.23. The third kappa shape index (κ3) is 5.25. The second kappa shape index (κ2) is 11.2. The minimum absolute atomic E-state index is 0.0336. The number of aryl methyl sites for hydroxylation is 2. The molecule has 2 aromatic rings. The highest BCUT2D eigenvalue weighted by molar-refractivity contribution is 5.98. The molecule has 220 valence electrons. The van der Waals surface area contributed by atoms with Gasteiger partial charge in [0.2, 0.25) is 17.7 Å². The Morgan fingerprint density at radius 2 is 1.60 bits per heavy atom. The van der Waals surface area contributed by atoms with E-state index in [-0.39, 0.29) is 42.5 Å². The molecule has 1 saturated carbocycles. The van der Waals surface area contributed by atoms with Crippen molar-refractivity contribution in [1.29, 1.82) is 10.7 Å². The van der Waals surface area contributed by atoms with Crippen LogP contribution in [0.3, 0.4) is 0 Å². The van der Waals surface area contributed by atoms with E-state index in [0.717, 1.165) is 35.1 Å². The molecule has 3 amide bonds. The SMILES string of the molecule is CC(C)NC(=N)C1(C[C@H](C)NCC(=O)N2C(C#N)C[C@@H]3C[C@@H]32)c2ccc(C(N)=O)cc2CCc2cc(C(N)=O)ccc21. The van der Waals surface area contributed by atoms with Crippen molar-refractivity contribution in [2.24, 2.45) is 17.4 Å². The van der Waals surface area contributed by atoms with E-state index in [4.69, 9.17) is 11.5 Å². The summed E-state index contributed by atoms with van der Waals surface area (Å²) in [6.45, 7) is 6.02. The molecule has 4 atom stereocenters. The summed E-state index contributed by atoms with van der Waals surface area (Å²) in [6.07, 6.45) is 3.29. The Bertz CT molecular complexity index is 1430. The van der Waals surface area contributed by atoms with Gasteiger partial charge in [-0.25, -0.2) is 0 Å². The van der Waals surface area contributed by atoms with Gasteiger partial charge in [0.25, 0.3) is 0 Å². The number of fused-ring (bicyclic) bond motifs is 3. The Morgan fingerprint density at radius 3 is 2.10 bits per heavy atom. The number of rotatable bonds is 9. The van der Waals surface area contributed by atoms with Gasteiger partial charge >= 0.3 is 0 Å². The molecule has 0 bridgehead atoms. The molecule has 3 aliphatic rings. The zero-order valence-electron chi connectivity index (χ0n) is 24.4. The smallest absolute Gasteiger partial charge is 0.248 e. The summed E-state index contributed by atoms with van der Waals surface area (Å²) in [5.74, 6) is -0.412. The number of amidine groups is 1. The molecule has 2 fully saturated rings. The van der Waals surface area contributed by atoms with E-state index in [0.29, 0.717) is 36.3 Å². The van der Waals surface area contributed by atoms with Crippen LogP contribution in [0.1, 0.15) is 83.0 Å². The summed E-state index contributed by atoms with van der Waals surface area (Å²) in [7, 11) is 0. The number of nitrogens with one attached hydrogen (secondary N) is 3. The summed E-state index contributed by atoms with van der Waals surface area (Å²) in [5.41, 5.74) is 14.6. The Morgan fingerprint density at radius 1 is 1.02 bits per heavy atom. The molecule has 10 nitrogen and oxygen atoms in total. The van der Waals surface area contributed by atoms with Crippen LogP contribution < -0.4 is 22.1 Å². The van der Waals surface area contributed by atoms with Crippen LogP contribution in [0.15, 0.2) is 36.4 Å². The Balaban J connectivity index is 1.56. The number of nitriles is 1. The zero-order chi connectivity index (χ0) is 30.3. The second-order valence-corrected chi connectivity index (χ2v) is 12.3. The minimum atomic E-state index is -0.988. The molecule has 2 aliphatic carbocycles. The van der Waals surface area contributed by atoms with E-state index in [2.05, 4.69) is 16.7 Å². The van der Waals surface area contributed by atoms with Crippen LogP contribution in [0.2, 0.25) is 0 Å². The summed E-state index contributed by atoms with van der Waals surface area (Å²) < 4.78 is 0. The number of nitrogens with zero attached hydrogens (tertiary/aromatic N) is 2. The molecule has 5 rings (SSSR count). The first kappa shape index (κ1) is 29.3. The molecule has 42 heavy (non-hydrogen) atoms. The van der Waals surface area contributed by atoms with E-state index in [9.17, 15) is 25.1 Å². The van der Waals surface area contributed by atoms with Crippen molar-refractivity contribution in [3.8, 4) is 6.07 Å². The number of carbonyl (C=O) groups excluding carboxylic acids is 3. The molecule has 1 aliphatic heterocycles. The number of benzene rings is 2. The average molecular weight is 570 g/mol. The zero-order valence-corrected chi connectivity index (χ0v) is 24.4. The summed E-state index contributed by atoms with van der Waals surface area (Å²) in [6, 6.07) is 12.6. The van der Waals surface area contributed by atoms with Gasteiger partial charge in [0.15, 0.2) is 0 Å². The standard InChI is InChI=1S/C32H39N7O3/c1-17(2)38-31(36)32(14-18(3)37-16-28(40)39-24(15-33)12-23-13-27(23)39)25-8-6-21(29(34)41)10-19(25)4-5-20-11-22(30(35)42)7-9-26(20)32/h6-11,17-18,23-24,27,37H,4-5,12-14,16H2,1-3H3,(H2,34,41)(H2,35,42)(H2,36,38)/t18-,23+,24?,27-/m0/s1. The summed E-state index contributed by atoms with van der Waals surface area (Å²) >= 11 is 0. The van der Waals surface area contributed by atoms with E-state index < -0.39 is 17.2 Å². The first-order chi connectivity index (χ1) is 20.0. The van der Waals surface area contributed by atoms with E-state index in [1.54, 1.807) is 29.2 Å². The first-order valence-corrected chi connectivity index (χ1v) is 14.6. The van der Waals surface area contributed by atoms with Crippen molar-refractivity contribution >= 4 is 23.6 Å². The number of carbonyl (C=O) groups is 3. The molecular formula is C32H39N7O3. The largest absolute Gasteiger partial charge is 0.371 e. The van der Waals surface area contributed by atoms with Gasteiger partial charge in [-0.05, 0) is 105 Å². The van der Waals surface area contributed by atoms with Crippen molar-refractivity contribution in [1.82, 2.24) is 15.5 Å². The van der Waals surface area contributed by atoms with Crippen LogP contribution in [-0.2, 0) is 23.1 Å². The Labute approximate surface area is 246 Å². The van der Waals surface area contributed by atoms with Gasteiger partial charge < -0.3 is 27.0 Å². The van der Waals surface area contributed by atoms with Gasteiger partial charge in [0.1, 0.15) is 11.9 Å². The predicted molar refractivity (Wildman–Crippen MR) is 159 cm³/mol. The first-order valence-electron chi connectivity index (χ1n) is 14.6. The lowest BCUT2D eigenvalue weighted by atomic mass is 9.67. The van der Waals surface area contributed by atoms with Crippen molar-refractivity contribution in [2.75, 3.05) is 6.54 Å². The van der Waals surface area contributed by atoms with Gasteiger partial charge in [0.05, 0.1) is 18.0 Å². The van der Waals surface area contributed by atoms with E-state index >= 15 is 0 Å². The number of hydrogen-bond donors (Lipinski definition) is 5. The van der Waals surface area contributed by atoms with Gasteiger partial charge in [-0.1, -0.05) is 12.1 Å². The lowest BCUT2D eigenvalue weighted by molar-refractivity contribution is -0.131. The molecule has 1 heterocycles. The quantitative estimate of drug-likeness (QED) is 0.228. The van der Waals surface area contributed by atoms with Crippen LogP contribution in [0.4, 0.5) is 0 Å². The van der Waals surface area contributed by atoms with Gasteiger partial charge in [-0.3, -0.25) is 19.8 Å². The number of piperidine rings is 1. The molecule has 1 unspecified atom stereocenters. The fraction of sp³-hybridized carbons (Fsp3) is 0.469. The number of primary amides is 2. The number of nitrogens with two attached hydrogens (primary N) is 2. The molecule has 0 aromatic heterocycles. The maximum absolute atomic E-state index is 13.2. The Kier molecular flexibility index (Phi) is 7.82. The number of amides is 3. The predicted octanol–water partition coefficient (Wildman–Crippen LogP) is 2.13. The summed E-state index contributed by atoms with van der Waals surface area (Å²) in [4.78, 5) is 39.2. The lowest BCUT2D eigenvalue weighted by Gasteiger charge is -2.40. The molecule has 0 spiro atoms. The molecule has 7 N–H and O–H groups in total. The van der Waals surface area contributed by atoms with Crippen molar-refractivity contribution in [3.05, 3.63) is 69.8 Å². The van der Waals surface area contributed by atoms with Crippen LogP contribution in [0.25, 0.3) is 0 Å². The monoisotopic (exact) mass is 569 g/mol. The van der Waals surface area contributed by atoms with Gasteiger partial charge in [0, 0.05) is 29.3 Å². The van der Waals surface area contributed by atoms with Gasteiger partial charge in [-0.15, -0.1) is 0 Å². The average Bonchev–Trinajstić information content (AvgIpc) is 3.64. The molecule has 10 heteroatoms. The van der Waals surface area contributed by atoms with Gasteiger partial charge in [-0.2, -0.15) is 5.26 Å². The van der Waals surface area contributed by atoms with Crippen molar-refractivity contribution in [2.45, 2.75) is 82.5 Å². The van der Waals surface area contributed by atoms with Crippen LogP contribution >= 0.6 is 0 Å². The highest BCUT2D eigenvalue weighted by Crippen LogP contribution is 2.48. The van der Waals surface area contributed by atoms with E-state index in [1.165, 1.54) is 0 Å². The molecule has 0 radical (unpaired) electrons. The third-order valence-corrected chi connectivity index (χ3v) is 8.98. The maximum atomic E-state index is 13.2. The van der Waals surface area contributed by atoms with Crippen LogP contribution in [-0.4, -0.2) is 59.2 Å².